The Hall–Kier alpha value is -3.12. The van der Waals surface area contributed by atoms with Crippen molar-refractivity contribution in [2.24, 2.45) is 4.99 Å². The molecule has 2 aromatic carbocycles. The van der Waals surface area contributed by atoms with E-state index in [-0.39, 0.29) is 5.54 Å². The Bertz CT molecular complexity index is 934. The van der Waals surface area contributed by atoms with Crippen LogP contribution in [0.3, 0.4) is 0 Å². The van der Waals surface area contributed by atoms with Crippen LogP contribution in [0.1, 0.15) is 30.4 Å². The Morgan fingerprint density at radius 1 is 1.23 bits per heavy atom. The second-order valence-corrected chi connectivity index (χ2v) is 6.82. The van der Waals surface area contributed by atoms with E-state index in [2.05, 4.69) is 46.8 Å². The second kappa shape index (κ2) is 6.65. The molecule has 0 spiro atoms. The van der Waals surface area contributed by atoms with Crippen LogP contribution in [0.5, 0.6) is 0 Å². The fraction of sp³-hybridized carbons (Fsp3) is 0.217. The van der Waals surface area contributed by atoms with Crippen LogP contribution >= 0.6 is 0 Å². The fourth-order valence-corrected chi connectivity index (χ4v) is 4.20. The number of fused-ring (bicyclic) bond motifs is 1. The zero-order chi connectivity index (χ0) is 18.0. The third kappa shape index (κ3) is 2.55. The highest BCUT2D eigenvalue weighted by atomic mass is 15.3. The normalized spacial score (nSPS) is 21.0. The predicted molar refractivity (Wildman–Crippen MR) is 106 cm³/mol. The first kappa shape index (κ1) is 16.4. The Morgan fingerprint density at radius 3 is 2.85 bits per heavy atom. The minimum absolute atomic E-state index is 0.203. The van der Waals surface area contributed by atoms with Crippen molar-refractivity contribution in [2.75, 3.05) is 6.54 Å². The summed E-state index contributed by atoms with van der Waals surface area (Å²) in [5, 5.41) is 9.42. The Balaban J connectivity index is 1.96. The number of hydrogen-bond donors (Lipinski definition) is 0. The highest BCUT2D eigenvalue weighted by molar-refractivity contribution is 5.73. The van der Waals surface area contributed by atoms with Crippen LogP contribution in [-0.2, 0) is 5.54 Å². The lowest BCUT2D eigenvalue weighted by molar-refractivity contribution is 0.198. The molecular formula is C23H21N3. The van der Waals surface area contributed by atoms with E-state index in [0.29, 0.717) is 5.56 Å². The molecule has 2 heterocycles. The van der Waals surface area contributed by atoms with Crippen molar-refractivity contribution in [2.45, 2.75) is 24.8 Å². The largest absolute Gasteiger partial charge is 0.324 e. The molecule has 1 atom stereocenters. The number of nitrogens with zero attached hydrogens (tertiary/aromatic N) is 3. The van der Waals surface area contributed by atoms with Gasteiger partial charge in [-0.3, -0.25) is 4.99 Å². The van der Waals surface area contributed by atoms with Crippen molar-refractivity contribution in [3.63, 3.8) is 0 Å². The van der Waals surface area contributed by atoms with Crippen LogP contribution in [0.25, 0.3) is 11.1 Å². The summed E-state index contributed by atoms with van der Waals surface area (Å²) in [6.45, 7) is 4.78. The predicted octanol–water partition coefficient (Wildman–Crippen LogP) is 5.02. The highest BCUT2D eigenvalue weighted by Gasteiger charge is 2.42. The summed E-state index contributed by atoms with van der Waals surface area (Å²) in [6, 6.07) is 18.7. The molecule has 1 unspecified atom stereocenters. The average Bonchev–Trinajstić information content (AvgIpc) is 3.18. The van der Waals surface area contributed by atoms with Gasteiger partial charge in [-0.25, -0.2) is 0 Å². The molecule has 0 saturated carbocycles. The van der Waals surface area contributed by atoms with Crippen LogP contribution in [0.2, 0.25) is 0 Å². The third-order valence-electron chi connectivity index (χ3n) is 5.38. The first-order valence-electron chi connectivity index (χ1n) is 8.98. The number of hydrogen-bond acceptors (Lipinski definition) is 3. The molecular weight excluding hydrogens is 318 g/mol. The van der Waals surface area contributed by atoms with Crippen molar-refractivity contribution in [3.8, 4) is 17.2 Å². The molecule has 2 aromatic rings. The van der Waals surface area contributed by atoms with Gasteiger partial charge >= 0.3 is 0 Å². The first-order chi connectivity index (χ1) is 12.8. The van der Waals surface area contributed by atoms with Gasteiger partial charge in [0, 0.05) is 5.70 Å². The van der Waals surface area contributed by atoms with Crippen molar-refractivity contribution < 1.29 is 0 Å². The lowest BCUT2D eigenvalue weighted by atomic mass is 9.75. The number of allylic oxidation sites excluding steroid dienone is 1. The van der Waals surface area contributed by atoms with Crippen LogP contribution < -0.4 is 0 Å². The Kier molecular flexibility index (Phi) is 4.18. The topological polar surface area (TPSA) is 39.4 Å². The summed E-state index contributed by atoms with van der Waals surface area (Å²) in [5.41, 5.74) is 5.24. The van der Waals surface area contributed by atoms with Crippen molar-refractivity contribution in [1.29, 1.82) is 5.26 Å². The van der Waals surface area contributed by atoms with Crippen LogP contribution in [-0.4, -0.2) is 17.8 Å². The fourth-order valence-electron chi connectivity index (χ4n) is 4.20. The quantitative estimate of drug-likeness (QED) is 0.734. The minimum Gasteiger partial charge on any atom is -0.324 e. The molecule has 4 rings (SSSR count). The molecule has 2 aliphatic heterocycles. The number of benzene rings is 2. The van der Waals surface area contributed by atoms with Gasteiger partial charge in [0.2, 0.25) is 0 Å². The van der Waals surface area contributed by atoms with E-state index in [1.54, 1.807) is 0 Å². The van der Waals surface area contributed by atoms with E-state index in [4.69, 9.17) is 0 Å². The molecule has 26 heavy (non-hydrogen) atoms. The molecule has 0 radical (unpaired) electrons. The molecule has 0 N–H and O–H groups in total. The molecule has 0 aromatic heterocycles. The van der Waals surface area contributed by atoms with Crippen LogP contribution in [0, 0.1) is 11.3 Å². The summed E-state index contributed by atoms with van der Waals surface area (Å²) in [7, 11) is 0. The van der Waals surface area contributed by atoms with Gasteiger partial charge in [0.05, 0.1) is 30.1 Å². The molecule has 0 bridgehead atoms. The van der Waals surface area contributed by atoms with Crippen molar-refractivity contribution in [3.05, 3.63) is 84.1 Å². The third-order valence-corrected chi connectivity index (χ3v) is 5.38. The van der Waals surface area contributed by atoms with E-state index in [9.17, 15) is 5.26 Å². The molecule has 0 aliphatic carbocycles. The summed E-state index contributed by atoms with van der Waals surface area (Å²) < 4.78 is 0. The number of aliphatic imine (C=N–C) groups is 1. The minimum atomic E-state index is -0.203. The van der Waals surface area contributed by atoms with Crippen LogP contribution in [0.15, 0.2) is 78.0 Å². The number of rotatable bonds is 4. The van der Waals surface area contributed by atoms with Gasteiger partial charge in [-0.1, -0.05) is 48.6 Å². The van der Waals surface area contributed by atoms with E-state index in [1.807, 2.05) is 42.7 Å². The lowest BCUT2D eigenvalue weighted by Gasteiger charge is -2.45. The standard InChI is InChI=1S/C23H21N3/c1-2-12-23(13-6-9-20-16-25-17-26(20)23)22-11-10-18(15-24)14-21(22)19-7-4-3-5-8-19/h2-5,7-11,14,17H,1,6,12-13,16H2. The monoisotopic (exact) mass is 339 g/mol. The van der Waals surface area contributed by atoms with Gasteiger partial charge in [0.15, 0.2) is 0 Å². The molecule has 0 saturated heterocycles. The van der Waals surface area contributed by atoms with Crippen LogP contribution in [0.4, 0.5) is 0 Å². The van der Waals surface area contributed by atoms with Gasteiger partial charge in [0.1, 0.15) is 0 Å². The Morgan fingerprint density at radius 2 is 2.08 bits per heavy atom. The molecule has 3 heteroatoms. The maximum Gasteiger partial charge on any atom is 0.0991 e. The van der Waals surface area contributed by atoms with E-state index in [1.165, 1.54) is 11.3 Å². The van der Waals surface area contributed by atoms with Gasteiger partial charge in [-0.2, -0.15) is 5.26 Å². The molecule has 0 fully saturated rings. The van der Waals surface area contributed by atoms with Gasteiger partial charge in [-0.05, 0) is 48.1 Å². The van der Waals surface area contributed by atoms with Crippen molar-refractivity contribution in [1.82, 2.24) is 4.90 Å². The maximum absolute atomic E-state index is 9.42. The molecule has 3 nitrogen and oxygen atoms in total. The molecule has 2 aliphatic rings. The SMILES string of the molecule is C=CCC1(c2ccc(C#N)cc2-c2ccccc2)CCC=C2CN=CN21. The molecule has 128 valence electrons. The summed E-state index contributed by atoms with van der Waals surface area (Å²) >= 11 is 0. The smallest absolute Gasteiger partial charge is 0.0991 e. The van der Waals surface area contributed by atoms with Gasteiger partial charge in [-0.15, -0.1) is 6.58 Å². The van der Waals surface area contributed by atoms with E-state index < -0.39 is 0 Å². The number of nitriles is 1. The highest BCUT2D eigenvalue weighted by Crippen LogP contribution is 2.46. The average molecular weight is 339 g/mol. The zero-order valence-electron chi connectivity index (χ0n) is 14.7. The summed E-state index contributed by atoms with van der Waals surface area (Å²) in [6.07, 6.45) is 9.13. The second-order valence-electron chi connectivity index (χ2n) is 6.82. The summed E-state index contributed by atoms with van der Waals surface area (Å²) in [5.74, 6) is 0. The first-order valence-corrected chi connectivity index (χ1v) is 8.98. The van der Waals surface area contributed by atoms with Gasteiger partial charge < -0.3 is 4.90 Å². The van der Waals surface area contributed by atoms with E-state index in [0.717, 1.165) is 36.9 Å². The van der Waals surface area contributed by atoms with Crippen molar-refractivity contribution >= 4 is 6.34 Å². The van der Waals surface area contributed by atoms with Gasteiger partial charge in [0.25, 0.3) is 0 Å². The Labute approximate surface area is 154 Å². The summed E-state index contributed by atoms with van der Waals surface area (Å²) in [4.78, 5) is 6.84. The zero-order valence-corrected chi connectivity index (χ0v) is 14.7. The molecule has 0 amide bonds. The lowest BCUT2D eigenvalue weighted by Crippen LogP contribution is -2.45. The maximum atomic E-state index is 9.42. The van der Waals surface area contributed by atoms with E-state index >= 15 is 0 Å².